The maximum Gasteiger partial charge on any atom is 0.481 e. The number of amides is 2. The molecule has 3 saturated carbocycles. The number of rotatable bonds is 11. The van der Waals surface area contributed by atoms with Crippen molar-refractivity contribution in [2.24, 2.45) is 17.3 Å². The second-order valence-electron chi connectivity index (χ2n) is 16.6. The third kappa shape index (κ3) is 6.88. The van der Waals surface area contributed by atoms with Crippen molar-refractivity contribution in [2.75, 3.05) is 17.7 Å². The zero-order chi connectivity index (χ0) is 40.4. The molecule has 7 atom stereocenters. The fourth-order valence-corrected chi connectivity index (χ4v) is 9.49. The van der Waals surface area contributed by atoms with Crippen LogP contribution in [0.4, 0.5) is 24.5 Å². The second-order valence-corrected chi connectivity index (χ2v) is 16.6. The maximum absolute atomic E-state index is 14.4. The Morgan fingerprint density at radius 2 is 1.82 bits per heavy atom. The Balaban J connectivity index is 1.16. The third-order valence-corrected chi connectivity index (χ3v) is 12.8. The molecule has 3 aliphatic carbocycles. The minimum atomic E-state index is -4.54. The molecule has 1 aromatic heterocycles. The highest BCUT2D eigenvalue weighted by Crippen LogP contribution is 2.65. The summed E-state index contributed by atoms with van der Waals surface area (Å²) in [6.45, 7) is 10.2. The minimum Gasteiger partial charge on any atom is -0.465 e. The van der Waals surface area contributed by atoms with Gasteiger partial charge in [0.2, 0.25) is 11.8 Å². The number of alkyl halides is 3. The van der Waals surface area contributed by atoms with E-state index in [1.54, 1.807) is 25.1 Å². The van der Waals surface area contributed by atoms with Crippen LogP contribution in [-0.4, -0.2) is 59.2 Å². The summed E-state index contributed by atoms with van der Waals surface area (Å²) in [5, 5.41) is 8.77. The van der Waals surface area contributed by atoms with E-state index < -0.39 is 65.2 Å². The molecule has 0 unspecified atom stereocenters. The average molecular weight is 778 g/mol. The SMILES string of the molecule is CC[C@H](NC(=O)[C@@H]1C[C@](C)(CC(=O)Nc2ccccc2C(=O)OC)c2ncc(NCc3cccc(C(F)(F)F)c3)c(=O)n21)B1O[C@@H]2C[C@@H]3C[C@@H](C3(C)C)[C@]2(C)O1. The van der Waals surface area contributed by atoms with Gasteiger partial charge in [-0.25, -0.2) is 9.78 Å². The lowest BCUT2D eigenvalue weighted by Crippen LogP contribution is -2.65. The first-order chi connectivity index (χ1) is 26.4. The predicted octanol–water partition coefficient (Wildman–Crippen LogP) is 6.05. The van der Waals surface area contributed by atoms with Gasteiger partial charge in [-0.2, -0.15) is 13.2 Å². The van der Waals surface area contributed by atoms with E-state index in [2.05, 4.69) is 41.7 Å². The van der Waals surface area contributed by atoms with Crippen LogP contribution in [-0.2, 0) is 41.8 Å². The number of carbonyl (C=O) groups excluding carboxylic acids is 3. The molecule has 3 heterocycles. The Hall–Kier alpha value is -4.70. The highest BCUT2D eigenvalue weighted by molar-refractivity contribution is 6.47. The number of methoxy groups -OCH3 is 1. The molecule has 2 amide bonds. The fourth-order valence-electron chi connectivity index (χ4n) is 9.49. The number of anilines is 2. The topological polar surface area (TPSA) is 150 Å². The number of benzene rings is 2. The van der Waals surface area contributed by atoms with Gasteiger partial charge >= 0.3 is 19.3 Å². The number of fused-ring (bicyclic) bond motifs is 1. The lowest BCUT2D eigenvalue weighted by Gasteiger charge is -2.64. The van der Waals surface area contributed by atoms with Gasteiger partial charge in [-0.3, -0.25) is 19.0 Å². The first-order valence-corrected chi connectivity index (χ1v) is 19.0. The molecule has 2 bridgehead atoms. The summed E-state index contributed by atoms with van der Waals surface area (Å²) >= 11 is 0. The van der Waals surface area contributed by atoms with E-state index in [1.165, 1.54) is 36.1 Å². The number of hydrogen-bond acceptors (Lipinski definition) is 9. The van der Waals surface area contributed by atoms with Crippen LogP contribution in [0.5, 0.6) is 0 Å². The van der Waals surface area contributed by atoms with Gasteiger partial charge in [0.15, 0.2) is 0 Å². The van der Waals surface area contributed by atoms with Gasteiger partial charge in [-0.05, 0) is 79.7 Å². The number of ether oxygens (including phenoxy) is 1. The highest BCUT2D eigenvalue weighted by atomic mass is 19.4. The standard InChI is InChI=1S/C40H47BF3N5O7/c1-7-31(41-55-30-17-24-16-29(37(24,2)3)39(30,5)56-41)48-33(51)28-18-38(4,19-32(50)47-26-14-9-8-13-25(26)35(53)54-6)36-46-21-27(34(52)49(28)36)45-20-22-11-10-12-23(15-22)40(42,43)44/h8-15,21,24,28-31,45H,7,16-20H2,1-6H3,(H,47,50)(H,48,51)/t24-,28-,29-,30+,31-,38+,39-/m0/s1. The number of carbonyl (C=O) groups is 3. The zero-order valence-electron chi connectivity index (χ0n) is 32.3. The average Bonchev–Trinajstić information content (AvgIpc) is 3.67. The molecule has 56 heavy (non-hydrogen) atoms. The molecule has 5 aliphatic rings. The number of nitrogens with one attached hydrogen (secondary N) is 3. The van der Waals surface area contributed by atoms with Crippen molar-refractivity contribution >= 4 is 36.3 Å². The van der Waals surface area contributed by atoms with Crippen molar-refractivity contribution in [2.45, 2.75) is 109 Å². The molecule has 0 spiro atoms. The van der Waals surface area contributed by atoms with Crippen LogP contribution in [0.1, 0.15) is 100 Å². The molecule has 16 heteroatoms. The number of hydrogen-bond donors (Lipinski definition) is 3. The first kappa shape index (κ1) is 39.5. The van der Waals surface area contributed by atoms with Gasteiger partial charge in [0, 0.05) is 18.4 Å². The van der Waals surface area contributed by atoms with E-state index in [4.69, 9.17) is 14.0 Å². The molecule has 8 rings (SSSR count). The molecule has 3 N–H and O–H groups in total. The lowest BCUT2D eigenvalue weighted by atomic mass is 9.43. The van der Waals surface area contributed by atoms with Crippen molar-refractivity contribution < 1.29 is 41.6 Å². The highest BCUT2D eigenvalue weighted by Gasteiger charge is 2.68. The monoisotopic (exact) mass is 777 g/mol. The Morgan fingerprint density at radius 3 is 2.52 bits per heavy atom. The molecule has 12 nitrogen and oxygen atoms in total. The Labute approximate surface area is 323 Å². The molecule has 1 saturated heterocycles. The van der Waals surface area contributed by atoms with Crippen molar-refractivity contribution in [1.82, 2.24) is 14.9 Å². The van der Waals surface area contributed by atoms with E-state index in [0.717, 1.165) is 25.0 Å². The van der Waals surface area contributed by atoms with Crippen molar-refractivity contribution in [3.05, 3.63) is 87.6 Å². The van der Waals surface area contributed by atoms with E-state index in [9.17, 15) is 32.3 Å². The smallest absolute Gasteiger partial charge is 0.465 e. The summed E-state index contributed by atoms with van der Waals surface area (Å²) < 4.78 is 59.5. The molecular weight excluding hydrogens is 730 g/mol. The Kier molecular flexibility index (Phi) is 10.1. The van der Waals surface area contributed by atoms with Gasteiger partial charge in [-0.15, -0.1) is 0 Å². The Bertz CT molecular complexity index is 2110. The largest absolute Gasteiger partial charge is 0.481 e. The minimum absolute atomic E-state index is 0.0192. The zero-order valence-corrected chi connectivity index (χ0v) is 32.3. The summed E-state index contributed by atoms with van der Waals surface area (Å²) in [6, 6.07) is 10.0. The van der Waals surface area contributed by atoms with Crippen LogP contribution >= 0.6 is 0 Å². The quantitative estimate of drug-likeness (QED) is 0.156. The van der Waals surface area contributed by atoms with Crippen LogP contribution in [0.2, 0.25) is 0 Å². The van der Waals surface area contributed by atoms with Gasteiger partial charge < -0.3 is 30.0 Å². The number of nitrogens with zero attached hydrogens (tertiary/aromatic N) is 2. The van der Waals surface area contributed by atoms with Gasteiger partial charge in [-0.1, -0.05) is 52.0 Å². The molecular formula is C40H47BF3N5O7. The normalized spacial score (nSPS) is 27.7. The first-order valence-electron chi connectivity index (χ1n) is 19.0. The third-order valence-electron chi connectivity index (χ3n) is 12.8. The van der Waals surface area contributed by atoms with Crippen LogP contribution in [0.3, 0.4) is 0 Å². The summed E-state index contributed by atoms with van der Waals surface area (Å²) in [5.74, 6) is -1.13. The fraction of sp³-hybridized carbons (Fsp3) is 0.525. The maximum atomic E-state index is 14.4. The number of para-hydroxylation sites is 1. The summed E-state index contributed by atoms with van der Waals surface area (Å²) in [5.41, 5.74) is -2.32. The number of esters is 1. The van der Waals surface area contributed by atoms with Crippen molar-refractivity contribution in [3.63, 3.8) is 0 Å². The van der Waals surface area contributed by atoms with Crippen molar-refractivity contribution in [3.8, 4) is 0 Å². The molecule has 4 fully saturated rings. The summed E-state index contributed by atoms with van der Waals surface area (Å²) in [6.07, 6.45) is -1.15. The Morgan fingerprint density at radius 1 is 1.07 bits per heavy atom. The van der Waals surface area contributed by atoms with Gasteiger partial charge in [0.25, 0.3) is 5.56 Å². The molecule has 298 valence electrons. The molecule has 2 aliphatic heterocycles. The van der Waals surface area contributed by atoms with Crippen LogP contribution < -0.4 is 21.5 Å². The van der Waals surface area contributed by atoms with E-state index in [1.807, 2.05) is 6.92 Å². The predicted molar refractivity (Wildman–Crippen MR) is 202 cm³/mol. The summed E-state index contributed by atoms with van der Waals surface area (Å²) in [4.78, 5) is 59.3. The molecule has 0 radical (unpaired) electrons. The van der Waals surface area contributed by atoms with Crippen molar-refractivity contribution in [1.29, 1.82) is 0 Å². The number of aromatic nitrogens is 2. The van der Waals surface area contributed by atoms with E-state index in [0.29, 0.717) is 18.3 Å². The van der Waals surface area contributed by atoms with E-state index in [-0.39, 0.29) is 59.2 Å². The van der Waals surface area contributed by atoms with Gasteiger partial charge in [0.1, 0.15) is 17.6 Å². The van der Waals surface area contributed by atoms with Crippen LogP contribution in [0.25, 0.3) is 0 Å². The van der Waals surface area contributed by atoms with E-state index >= 15 is 0 Å². The molecule has 3 aromatic rings. The van der Waals surface area contributed by atoms with Crippen LogP contribution in [0.15, 0.2) is 59.5 Å². The lowest BCUT2D eigenvalue weighted by molar-refractivity contribution is -0.199. The second kappa shape index (κ2) is 14.4. The molecule has 2 aromatic carbocycles. The number of halogens is 3. The van der Waals surface area contributed by atoms with Gasteiger partial charge in [0.05, 0.1) is 47.8 Å². The summed E-state index contributed by atoms with van der Waals surface area (Å²) in [7, 11) is 0.525. The van der Waals surface area contributed by atoms with Crippen LogP contribution in [0, 0.1) is 17.3 Å².